The average Bonchev–Trinajstić information content (AvgIpc) is 3.12. The number of amides is 2. The molecule has 0 spiro atoms. The van der Waals surface area contributed by atoms with Gasteiger partial charge in [0.05, 0.1) is 11.5 Å². The quantitative estimate of drug-likeness (QED) is 0.842. The molecule has 1 aliphatic heterocycles. The van der Waals surface area contributed by atoms with Crippen molar-refractivity contribution in [3.05, 3.63) is 46.2 Å². The van der Waals surface area contributed by atoms with E-state index in [-0.39, 0.29) is 12.0 Å². The van der Waals surface area contributed by atoms with Gasteiger partial charge in [0.2, 0.25) is 0 Å². The molecule has 132 valence electrons. The summed E-state index contributed by atoms with van der Waals surface area (Å²) in [5, 5.41) is 1.96. The SMILES string of the molecule is CCOC(=O)N1CCN(C(=O)c2sccc2-c2ccc(C)cc2)CC1. The summed E-state index contributed by atoms with van der Waals surface area (Å²) < 4.78 is 5.02. The zero-order valence-corrected chi connectivity index (χ0v) is 15.3. The molecule has 5 nitrogen and oxygen atoms in total. The first-order chi connectivity index (χ1) is 12.1. The van der Waals surface area contributed by atoms with E-state index in [4.69, 9.17) is 4.74 Å². The summed E-state index contributed by atoms with van der Waals surface area (Å²) in [6.45, 7) is 6.29. The zero-order chi connectivity index (χ0) is 17.8. The van der Waals surface area contributed by atoms with Crippen LogP contribution in [-0.4, -0.2) is 54.6 Å². The van der Waals surface area contributed by atoms with E-state index < -0.39 is 0 Å². The highest BCUT2D eigenvalue weighted by molar-refractivity contribution is 7.12. The molecule has 0 saturated carbocycles. The second kappa shape index (κ2) is 7.70. The van der Waals surface area contributed by atoms with Crippen molar-refractivity contribution in [3.63, 3.8) is 0 Å². The first-order valence-electron chi connectivity index (χ1n) is 8.45. The predicted octanol–water partition coefficient (Wildman–Crippen LogP) is 3.64. The van der Waals surface area contributed by atoms with Crippen molar-refractivity contribution >= 4 is 23.3 Å². The number of hydrogen-bond donors (Lipinski definition) is 0. The van der Waals surface area contributed by atoms with Crippen LogP contribution in [0.2, 0.25) is 0 Å². The second-order valence-corrected chi connectivity index (χ2v) is 6.92. The van der Waals surface area contributed by atoms with Crippen molar-refractivity contribution in [2.75, 3.05) is 32.8 Å². The Kier molecular flexibility index (Phi) is 5.38. The molecule has 0 aliphatic carbocycles. The number of benzene rings is 1. The van der Waals surface area contributed by atoms with Gasteiger partial charge >= 0.3 is 6.09 Å². The number of nitrogens with zero attached hydrogens (tertiary/aromatic N) is 2. The number of rotatable bonds is 3. The number of ether oxygens (including phenoxy) is 1. The molecule has 0 atom stereocenters. The van der Waals surface area contributed by atoms with Crippen molar-refractivity contribution in [1.82, 2.24) is 9.80 Å². The van der Waals surface area contributed by atoms with Gasteiger partial charge in [-0.2, -0.15) is 0 Å². The molecule has 6 heteroatoms. The van der Waals surface area contributed by atoms with Gasteiger partial charge in [-0.15, -0.1) is 11.3 Å². The van der Waals surface area contributed by atoms with Crippen LogP contribution in [0.25, 0.3) is 11.1 Å². The summed E-state index contributed by atoms with van der Waals surface area (Å²) in [5.41, 5.74) is 3.23. The molecule has 1 aromatic heterocycles. The lowest BCUT2D eigenvalue weighted by Gasteiger charge is -2.34. The van der Waals surface area contributed by atoms with E-state index in [1.807, 2.05) is 35.4 Å². The summed E-state index contributed by atoms with van der Waals surface area (Å²) in [4.78, 5) is 28.9. The van der Waals surface area contributed by atoms with E-state index in [1.165, 1.54) is 16.9 Å². The standard InChI is InChI=1S/C19H22N2O3S/c1-3-24-19(23)21-11-9-20(10-12-21)18(22)17-16(8-13-25-17)15-6-4-14(2)5-7-15/h4-8,13H,3,9-12H2,1-2H3. The van der Waals surface area contributed by atoms with Gasteiger partial charge in [-0.25, -0.2) is 4.79 Å². The van der Waals surface area contributed by atoms with E-state index in [2.05, 4.69) is 12.1 Å². The van der Waals surface area contributed by atoms with Crippen molar-refractivity contribution in [2.24, 2.45) is 0 Å². The molecule has 2 heterocycles. The second-order valence-electron chi connectivity index (χ2n) is 6.01. The third-order valence-corrected chi connectivity index (χ3v) is 5.22. The van der Waals surface area contributed by atoms with Gasteiger partial charge < -0.3 is 14.5 Å². The van der Waals surface area contributed by atoms with Crippen LogP contribution in [0.1, 0.15) is 22.2 Å². The molecule has 0 radical (unpaired) electrons. The van der Waals surface area contributed by atoms with E-state index in [0.29, 0.717) is 32.8 Å². The van der Waals surface area contributed by atoms with Crippen LogP contribution in [0.15, 0.2) is 35.7 Å². The average molecular weight is 358 g/mol. The Morgan fingerprint density at radius 2 is 1.68 bits per heavy atom. The fourth-order valence-corrected chi connectivity index (χ4v) is 3.77. The van der Waals surface area contributed by atoms with Gasteiger partial charge in [0.25, 0.3) is 5.91 Å². The summed E-state index contributed by atoms with van der Waals surface area (Å²) in [7, 11) is 0. The number of aryl methyl sites for hydroxylation is 1. The topological polar surface area (TPSA) is 49.9 Å². The molecule has 0 N–H and O–H groups in total. The third kappa shape index (κ3) is 3.85. The van der Waals surface area contributed by atoms with Crippen LogP contribution in [0, 0.1) is 6.92 Å². The molecule has 3 rings (SSSR count). The number of thiophene rings is 1. The Balaban J connectivity index is 1.70. The summed E-state index contributed by atoms with van der Waals surface area (Å²) in [6.07, 6.45) is -0.300. The van der Waals surface area contributed by atoms with Gasteiger partial charge in [-0.3, -0.25) is 4.79 Å². The zero-order valence-electron chi connectivity index (χ0n) is 14.5. The van der Waals surface area contributed by atoms with E-state index in [9.17, 15) is 9.59 Å². The summed E-state index contributed by atoms with van der Waals surface area (Å²) in [6, 6.07) is 10.2. The lowest BCUT2D eigenvalue weighted by Crippen LogP contribution is -2.50. The maximum atomic E-state index is 12.9. The van der Waals surface area contributed by atoms with E-state index in [0.717, 1.165) is 16.0 Å². The van der Waals surface area contributed by atoms with Gasteiger partial charge in [-0.1, -0.05) is 29.8 Å². The Morgan fingerprint density at radius 1 is 1.04 bits per heavy atom. The summed E-state index contributed by atoms with van der Waals surface area (Å²) in [5.74, 6) is 0.0362. The number of carbonyl (C=O) groups excluding carboxylic acids is 2. The molecular formula is C19H22N2O3S. The van der Waals surface area contributed by atoms with Crippen LogP contribution < -0.4 is 0 Å². The minimum atomic E-state index is -0.300. The minimum absolute atomic E-state index is 0.0362. The monoisotopic (exact) mass is 358 g/mol. The van der Waals surface area contributed by atoms with Crippen LogP contribution >= 0.6 is 11.3 Å². The molecular weight excluding hydrogens is 336 g/mol. The van der Waals surface area contributed by atoms with E-state index in [1.54, 1.807) is 11.8 Å². The Labute approximate surface area is 151 Å². The highest BCUT2D eigenvalue weighted by Gasteiger charge is 2.27. The highest BCUT2D eigenvalue weighted by atomic mass is 32.1. The van der Waals surface area contributed by atoms with Crippen molar-refractivity contribution in [2.45, 2.75) is 13.8 Å². The van der Waals surface area contributed by atoms with Crippen LogP contribution in [0.4, 0.5) is 4.79 Å². The fraction of sp³-hybridized carbons (Fsp3) is 0.368. The summed E-state index contributed by atoms with van der Waals surface area (Å²) >= 11 is 1.47. The van der Waals surface area contributed by atoms with Crippen LogP contribution in [-0.2, 0) is 4.74 Å². The molecule has 0 unspecified atom stereocenters. The lowest BCUT2D eigenvalue weighted by atomic mass is 10.0. The molecule has 2 aromatic rings. The smallest absolute Gasteiger partial charge is 0.409 e. The number of piperazine rings is 1. The Morgan fingerprint density at radius 3 is 2.32 bits per heavy atom. The predicted molar refractivity (Wildman–Crippen MR) is 99.0 cm³/mol. The molecule has 1 saturated heterocycles. The van der Waals surface area contributed by atoms with Crippen molar-refractivity contribution in [1.29, 1.82) is 0 Å². The largest absolute Gasteiger partial charge is 0.450 e. The van der Waals surface area contributed by atoms with Crippen molar-refractivity contribution < 1.29 is 14.3 Å². The number of hydrogen-bond acceptors (Lipinski definition) is 4. The third-order valence-electron chi connectivity index (χ3n) is 4.31. The maximum absolute atomic E-state index is 12.9. The van der Waals surface area contributed by atoms with Gasteiger partial charge in [-0.05, 0) is 30.9 Å². The first kappa shape index (κ1) is 17.5. The molecule has 1 aromatic carbocycles. The number of carbonyl (C=O) groups is 2. The minimum Gasteiger partial charge on any atom is -0.450 e. The molecule has 2 amide bonds. The lowest BCUT2D eigenvalue weighted by molar-refractivity contribution is 0.0574. The first-order valence-corrected chi connectivity index (χ1v) is 9.33. The maximum Gasteiger partial charge on any atom is 0.409 e. The van der Waals surface area contributed by atoms with Crippen LogP contribution in [0.5, 0.6) is 0 Å². The van der Waals surface area contributed by atoms with Gasteiger partial charge in [0.1, 0.15) is 0 Å². The molecule has 25 heavy (non-hydrogen) atoms. The Hall–Kier alpha value is -2.34. The van der Waals surface area contributed by atoms with Crippen LogP contribution in [0.3, 0.4) is 0 Å². The normalized spacial score (nSPS) is 14.5. The van der Waals surface area contributed by atoms with Gasteiger partial charge in [0, 0.05) is 31.7 Å². The van der Waals surface area contributed by atoms with E-state index >= 15 is 0 Å². The highest BCUT2D eigenvalue weighted by Crippen LogP contribution is 2.30. The molecule has 0 bridgehead atoms. The molecule has 1 aliphatic rings. The fourth-order valence-electron chi connectivity index (χ4n) is 2.89. The van der Waals surface area contributed by atoms with Gasteiger partial charge in [0.15, 0.2) is 0 Å². The molecule has 1 fully saturated rings. The Bertz CT molecular complexity index is 746. The van der Waals surface area contributed by atoms with Crippen molar-refractivity contribution in [3.8, 4) is 11.1 Å².